The Morgan fingerprint density at radius 2 is 1.79 bits per heavy atom. The maximum absolute atomic E-state index is 11.9. The molecular weight excluding hydrogens is 234 g/mol. The average molecular weight is 255 g/mol. The van der Waals surface area contributed by atoms with E-state index in [-0.39, 0.29) is 11.9 Å². The third-order valence-corrected chi connectivity index (χ3v) is 2.91. The molecule has 1 aliphatic rings. The molecule has 1 aliphatic heterocycles. The summed E-state index contributed by atoms with van der Waals surface area (Å²) in [5, 5.41) is 0. The normalized spacial score (nSPS) is 21.1. The standard InChI is InChI=1S/C17H21NO/c1-5-9-14(10-6-2)16-13-17(19)18(16)15(11-7-3)12-8-4/h5-12,16H,1,3,13H2,2,4H3/b10-6-,12-8-,14-9+,15-11+. The van der Waals surface area contributed by atoms with Crippen molar-refractivity contribution in [2.24, 2.45) is 0 Å². The number of hydrogen-bond acceptors (Lipinski definition) is 1. The summed E-state index contributed by atoms with van der Waals surface area (Å²) >= 11 is 0. The van der Waals surface area contributed by atoms with Gasteiger partial charge in [-0.25, -0.2) is 0 Å². The van der Waals surface area contributed by atoms with Crippen molar-refractivity contribution in [1.29, 1.82) is 0 Å². The zero-order chi connectivity index (χ0) is 14.3. The van der Waals surface area contributed by atoms with Crippen molar-refractivity contribution < 1.29 is 4.79 Å². The SMILES string of the molecule is C=C/C=C(\C=C/C)C1CC(=O)N1C(/C=C\C)=C/C=C. The summed E-state index contributed by atoms with van der Waals surface area (Å²) in [5.41, 5.74) is 1.97. The minimum Gasteiger partial charge on any atom is -0.304 e. The summed E-state index contributed by atoms with van der Waals surface area (Å²) in [6.45, 7) is 11.3. The monoisotopic (exact) mass is 255 g/mol. The Kier molecular flexibility index (Phi) is 5.80. The van der Waals surface area contributed by atoms with Crippen LogP contribution in [0.5, 0.6) is 0 Å². The highest BCUT2D eigenvalue weighted by molar-refractivity contribution is 5.87. The lowest BCUT2D eigenvalue weighted by molar-refractivity contribution is -0.140. The summed E-state index contributed by atoms with van der Waals surface area (Å²) in [6, 6.07) is 0.0871. The third kappa shape index (κ3) is 3.44. The van der Waals surface area contributed by atoms with Gasteiger partial charge in [0.25, 0.3) is 0 Å². The molecule has 1 fully saturated rings. The first-order valence-electron chi connectivity index (χ1n) is 6.42. The molecule has 1 saturated heterocycles. The number of carbonyl (C=O) groups is 1. The van der Waals surface area contributed by atoms with Crippen molar-refractivity contribution in [3.63, 3.8) is 0 Å². The second-order valence-electron chi connectivity index (χ2n) is 4.21. The Bertz CT molecular complexity index is 477. The molecular formula is C17H21NO. The number of allylic oxidation sites excluding steroid dienone is 7. The molecule has 1 rings (SSSR count). The molecule has 19 heavy (non-hydrogen) atoms. The van der Waals surface area contributed by atoms with E-state index in [2.05, 4.69) is 13.2 Å². The molecule has 0 spiro atoms. The van der Waals surface area contributed by atoms with Crippen molar-refractivity contribution in [2.75, 3.05) is 0 Å². The summed E-state index contributed by atoms with van der Waals surface area (Å²) < 4.78 is 0. The van der Waals surface area contributed by atoms with Crippen LogP contribution in [-0.2, 0) is 4.79 Å². The van der Waals surface area contributed by atoms with Crippen LogP contribution in [0, 0.1) is 0 Å². The molecule has 0 aromatic rings. The van der Waals surface area contributed by atoms with Gasteiger partial charge in [-0.3, -0.25) is 4.79 Å². The van der Waals surface area contributed by atoms with E-state index in [1.165, 1.54) is 0 Å². The van der Waals surface area contributed by atoms with Gasteiger partial charge in [-0.2, -0.15) is 0 Å². The average Bonchev–Trinajstić information content (AvgIpc) is 2.36. The number of amides is 1. The molecule has 0 aromatic heterocycles. The minimum absolute atomic E-state index is 0.0871. The second kappa shape index (κ2) is 7.37. The van der Waals surface area contributed by atoms with E-state index in [0.29, 0.717) is 6.42 Å². The molecule has 1 unspecified atom stereocenters. The molecule has 0 N–H and O–H groups in total. The largest absolute Gasteiger partial charge is 0.304 e. The fourth-order valence-electron chi connectivity index (χ4n) is 2.12. The fraction of sp³-hybridized carbons (Fsp3) is 0.235. The van der Waals surface area contributed by atoms with Crippen LogP contribution in [0.3, 0.4) is 0 Å². The fourth-order valence-corrected chi connectivity index (χ4v) is 2.12. The molecule has 0 radical (unpaired) electrons. The van der Waals surface area contributed by atoms with Gasteiger partial charge in [-0.1, -0.05) is 49.6 Å². The lowest BCUT2D eigenvalue weighted by atomic mass is 9.91. The van der Waals surface area contributed by atoms with Crippen LogP contribution in [0.4, 0.5) is 0 Å². The van der Waals surface area contributed by atoms with E-state index >= 15 is 0 Å². The lowest BCUT2D eigenvalue weighted by Crippen LogP contribution is -2.52. The van der Waals surface area contributed by atoms with Crippen LogP contribution in [0.25, 0.3) is 0 Å². The molecule has 2 nitrogen and oxygen atoms in total. The van der Waals surface area contributed by atoms with E-state index in [1.807, 2.05) is 50.3 Å². The summed E-state index contributed by atoms with van der Waals surface area (Å²) in [6.07, 6.45) is 15.6. The van der Waals surface area contributed by atoms with Crippen LogP contribution in [0.15, 0.2) is 73.0 Å². The number of likely N-dealkylation sites (tertiary alicyclic amines) is 1. The van der Waals surface area contributed by atoms with Gasteiger partial charge in [-0.05, 0) is 31.6 Å². The predicted octanol–water partition coefficient (Wildman–Crippen LogP) is 3.92. The first-order chi connectivity index (χ1) is 9.19. The van der Waals surface area contributed by atoms with Gasteiger partial charge in [0.2, 0.25) is 5.91 Å². The van der Waals surface area contributed by atoms with Crippen LogP contribution < -0.4 is 0 Å². The number of hydrogen-bond donors (Lipinski definition) is 0. The van der Waals surface area contributed by atoms with Crippen LogP contribution in [0.2, 0.25) is 0 Å². The topological polar surface area (TPSA) is 20.3 Å². The van der Waals surface area contributed by atoms with Gasteiger partial charge in [0.05, 0.1) is 12.5 Å². The Labute approximate surface area is 115 Å². The van der Waals surface area contributed by atoms with Crippen LogP contribution in [-0.4, -0.2) is 16.8 Å². The van der Waals surface area contributed by atoms with E-state index < -0.39 is 0 Å². The van der Waals surface area contributed by atoms with E-state index in [9.17, 15) is 4.79 Å². The highest BCUT2D eigenvalue weighted by atomic mass is 16.2. The molecule has 1 amide bonds. The molecule has 1 heterocycles. The summed E-state index contributed by atoms with van der Waals surface area (Å²) in [7, 11) is 0. The maximum Gasteiger partial charge on any atom is 0.230 e. The first-order valence-corrected chi connectivity index (χ1v) is 6.42. The van der Waals surface area contributed by atoms with Crippen LogP contribution >= 0.6 is 0 Å². The predicted molar refractivity (Wildman–Crippen MR) is 81.4 cm³/mol. The quantitative estimate of drug-likeness (QED) is 0.520. The maximum atomic E-state index is 11.9. The molecule has 0 aliphatic carbocycles. The first kappa shape index (κ1) is 15.0. The molecule has 100 valence electrons. The minimum atomic E-state index is 0.0871. The Morgan fingerprint density at radius 3 is 2.26 bits per heavy atom. The molecule has 2 heteroatoms. The van der Waals surface area contributed by atoms with Crippen molar-refractivity contribution in [1.82, 2.24) is 4.90 Å². The summed E-state index contributed by atoms with van der Waals surface area (Å²) in [4.78, 5) is 13.7. The van der Waals surface area contributed by atoms with Gasteiger partial charge >= 0.3 is 0 Å². The Balaban J connectivity index is 3.07. The summed E-state index contributed by atoms with van der Waals surface area (Å²) in [5.74, 6) is 0.135. The third-order valence-electron chi connectivity index (χ3n) is 2.91. The Morgan fingerprint density at radius 1 is 1.16 bits per heavy atom. The molecule has 0 aromatic carbocycles. The number of rotatable bonds is 6. The zero-order valence-corrected chi connectivity index (χ0v) is 11.7. The van der Waals surface area contributed by atoms with Crippen molar-refractivity contribution in [2.45, 2.75) is 26.3 Å². The molecule has 0 bridgehead atoms. The highest BCUT2D eigenvalue weighted by Crippen LogP contribution is 2.31. The zero-order valence-electron chi connectivity index (χ0n) is 11.7. The Hall–Kier alpha value is -2.09. The second-order valence-corrected chi connectivity index (χ2v) is 4.21. The van der Waals surface area contributed by atoms with Gasteiger partial charge in [0.15, 0.2) is 0 Å². The number of β-lactam (4-membered cyclic amide) rings is 1. The van der Waals surface area contributed by atoms with E-state index in [1.54, 1.807) is 17.1 Å². The van der Waals surface area contributed by atoms with Crippen molar-refractivity contribution >= 4 is 5.91 Å². The van der Waals surface area contributed by atoms with E-state index in [4.69, 9.17) is 0 Å². The number of nitrogens with zero attached hydrogens (tertiary/aromatic N) is 1. The molecule has 1 atom stereocenters. The van der Waals surface area contributed by atoms with E-state index in [0.717, 1.165) is 11.3 Å². The molecule has 0 saturated carbocycles. The van der Waals surface area contributed by atoms with Crippen molar-refractivity contribution in [3.8, 4) is 0 Å². The number of carbonyl (C=O) groups excluding carboxylic acids is 1. The van der Waals surface area contributed by atoms with Gasteiger partial charge in [0.1, 0.15) is 0 Å². The smallest absolute Gasteiger partial charge is 0.230 e. The van der Waals surface area contributed by atoms with Crippen molar-refractivity contribution in [3.05, 3.63) is 73.0 Å². The highest BCUT2D eigenvalue weighted by Gasteiger charge is 2.38. The van der Waals surface area contributed by atoms with Gasteiger partial charge in [0, 0.05) is 5.70 Å². The van der Waals surface area contributed by atoms with Crippen LogP contribution in [0.1, 0.15) is 20.3 Å². The lowest BCUT2D eigenvalue weighted by Gasteiger charge is -2.42. The van der Waals surface area contributed by atoms with Gasteiger partial charge < -0.3 is 4.90 Å². The van der Waals surface area contributed by atoms with Gasteiger partial charge in [-0.15, -0.1) is 0 Å².